The molecule has 0 saturated carbocycles. The lowest BCUT2D eigenvalue weighted by Crippen LogP contribution is -2.49. The van der Waals surface area contributed by atoms with Gasteiger partial charge in [0.25, 0.3) is 15.9 Å². The number of para-hydroxylation sites is 2. The predicted molar refractivity (Wildman–Crippen MR) is 86.0 cm³/mol. The van der Waals surface area contributed by atoms with Crippen molar-refractivity contribution in [2.24, 2.45) is 5.73 Å². The lowest BCUT2D eigenvalue weighted by Gasteiger charge is -2.34. The maximum atomic E-state index is 13.0. The van der Waals surface area contributed by atoms with Crippen LogP contribution in [0.5, 0.6) is 5.75 Å². The third-order valence-electron chi connectivity index (χ3n) is 3.46. The molecule has 2 aromatic carbocycles. The van der Waals surface area contributed by atoms with Crippen LogP contribution in [0.4, 0.5) is 5.69 Å². The Hall–Kier alpha value is -2.25. The molecule has 0 fully saturated rings. The number of halogens is 1. The maximum Gasteiger partial charge on any atom is 0.266 e. The number of ether oxygens (including phenoxy) is 1. The highest BCUT2D eigenvalue weighted by Gasteiger charge is 2.37. The first-order valence-corrected chi connectivity index (χ1v) is 8.55. The molecule has 1 heterocycles. The number of hydrogen-bond acceptors (Lipinski definition) is 4. The molecule has 120 valence electrons. The molecule has 1 aliphatic heterocycles. The minimum atomic E-state index is -3.96. The molecule has 2 aromatic rings. The normalized spacial score (nSPS) is 17.3. The van der Waals surface area contributed by atoms with Gasteiger partial charge in [0.1, 0.15) is 10.6 Å². The molecule has 6 nitrogen and oxygen atoms in total. The van der Waals surface area contributed by atoms with Crippen molar-refractivity contribution in [3.63, 3.8) is 0 Å². The van der Waals surface area contributed by atoms with Crippen LogP contribution < -0.4 is 14.8 Å². The Morgan fingerprint density at radius 3 is 2.52 bits per heavy atom. The van der Waals surface area contributed by atoms with E-state index in [0.717, 1.165) is 4.31 Å². The maximum absolute atomic E-state index is 13.0. The van der Waals surface area contributed by atoms with Gasteiger partial charge in [-0.05, 0) is 24.3 Å². The molecule has 2 N–H and O–H groups in total. The Balaban J connectivity index is 2.14. The minimum absolute atomic E-state index is 0.0402. The first-order valence-electron chi connectivity index (χ1n) is 6.73. The van der Waals surface area contributed by atoms with Crippen molar-refractivity contribution in [3.05, 3.63) is 53.6 Å². The van der Waals surface area contributed by atoms with E-state index in [2.05, 4.69) is 0 Å². The lowest BCUT2D eigenvalue weighted by molar-refractivity contribution is -0.124. The molecule has 0 unspecified atom stereocenters. The smallest absolute Gasteiger partial charge is 0.266 e. The van der Waals surface area contributed by atoms with E-state index >= 15 is 0 Å². The van der Waals surface area contributed by atoms with E-state index in [1.807, 2.05) is 0 Å². The number of anilines is 1. The molecule has 8 heteroatoms. The summed E-state index contributed by atoms with van der Waals surface area (Å²) in [7, 11) is -3.96. The summed E-state index contributed by atoms with van der Waals surface area (Å²) in [6, 6.07) is 12.7. The van der Waals surface area contributed by atoms with Crippen LogP contribution >= 0.6 is 11.6 Å². The van der Waals surface area contributed by atoms with Crippen molar-refractivity contribution >= 4 is 33.2 Å². The summed E-state index contributed by atoms with van der Waals surface area (Å²) in [5.41, 5.74) is 5.62. The average molecular weight is 353 g/mol. The van der Waals surface area contributed by atoms with Gasteiger partial charge in [0.2, 0.25) is 0 Å². The molecule has 0 aliphatic carbocycles. The number of fused-ring (bicyclic) bond motifs is 1. The predicted octanol–water partition coefficient (Wildman–Crippen LogP) is 1.78. The van der Waals surface area contributed by atoms with Crippen LogP contribution in [0.1, 0.15) is 0 Å². The van der Waals surface area contributed by atoms with Gasteiger partial charge in [0.05, 0.1) is 17.3 Å². The number of nitrogens with two attached hydrogens (primary N) is 1. The number of primary amides is 1. The van der Waals surface area contributed by atoms with Crippen LogP contribution in [0, 0.1) is 0 Å². The Morgan fingerprint density at radius 1 is 1.17 bits per heavy atom. The molecular weight excluding hydrogens is 340 g/mol. The van der Waals surface area contributed by atoms with Gasteiger partial charge in [0, 0.05) is 0 Å². The highest BCUT2D eigenvalue weighted by Crippen LogP contribution is 2.37. The first-order chi connectivity index (χ1) is 10.9. The van der Waals surface area contributed by atoms with Crippen LogP contribution in [0.3, 0.4) is 0 Å². The van der Waals surface area contributed by atoms with E-state index in [-0.39, 0.29) is 22.2 Å². The number of carbonyl (C=O) groups excluding carboxylic acids is 1. The van der Waals surface area contributed by atoms with E-state index in [9.17, 15) is 13.2 Å². The highest BCUT2D eigenvalue weighted by atomic mass is 35.5. The van der Waals surface area contributed by atoms with E-state index in [4.69, 9.17) is 22.1 Å². The van der Waals surface area contributed by atoms with Crippen LogP contribution in [0.2, 0.25) is 5.02 Å². The summed E-state index contributed by atoms with van der Waals surface area (Å²) in [5, 5.41) is 0.104. The Morgan fingerprint density at radius 2 is 1.83 bits per heavy atom. The third kappa shape index (κ3) is 2.73. The van der Waals surface area contributed by atoms with Crippen LogP contribution in [-0.2, 0) is 14.8 Å². The number of amides is 1. The minimum Gasteiger partial charge on any atom is -0.476 e. The molecule has 0 bridgehead atoms. The Labute approximate surface area is 138 Å². The van der Waals surface area contributed by atoms with Gasteiger partial charge in [0.15, 0.2) is 6.10 Å². The molecular formula is C15H13ClN2O4S. The fraction of sp³-hybridized carbons (Fsp3) is 0.133. The van der Waals surface area contributed by atoms with Gasteiger partial charge in [-0.15, -0.1) is 0 Å². The zero-order chi connectivity index (χ0) is 16.6. The second kappa shape index (κ2) is 5.75. The van der Waals surface area contributed by atoms with Gasteiger partial charge in [-0.25, -0.2) is 8.42 Å². The van der Waals surface area contributed by atoms with Crippen LogP contribution in [0.25, 0.3) is 0 Å². The molecule has 0 spiro atoms. The van der Waals surface area contributed by atoms with Gasteiger partial charge in [-0.3, -0.25) is 9.10 Å². The number of nitrogens with zero attached hydrogens (tertiary/aromatic N) is 1. The largest absolute Gasteiger partial charge is 0.476 e. The topological polar surface area (TPSA) is 89.7 Å². The van der Waals surface area contributed by atoms with Gasteiger partial charge < -0.3 is 10.5 Å². The molecule has 0 radical (unpaired) electrons. The molecule has 1 aliphatic rings. The second-order valence-corrected chi connectivity index (χ2v) is 7.18. The number of benzene rings is 2. The van der Waals surface area contributed by atoms with E-state index in [0.29, 0.717) is 5.69 Å². The monoisotopic (exact) mass is 352 g/mol. The quantitative estimate of drug-likeness (QED) is 0.911. The summed E-state index contributed by atoms with van der Waals surface area (Å²) in [5.74, 6) is -0.461. The third-order valence-corrected chi connectivity index (χ3v) is 5.74. The summed E-state index contributed by atoms with van der Waals surface area (Å²) in [4.78, 5) is 11.4. The average Bonchev–Trinajstić information content (AvgIpc) is 2.53. The van der Waals surface area contributed by atoms with Crippen molar-refractivity contribution in [1.29, 1.82) is 0 Å². The highest BCUT2D eigenvalue weighted by molar-refractivity contribution is 7.93. The Bertz CT molecular complexity index is 869. The van der Waals surface area contributed by atoms with E-state index < -0.39 is 22.0 Å². The summed E-state index contributed by atoms with van der Waals surface area (Å²) >= 11 is 6.03. The molecule has 1 amide bonds. The summed E-state index contributed by atoms with van der Waals surface area (Å²) < 4.78 is 32.5. The van der Waals surface area contributed by atoms with Crippen molar-refractivity contribution in [1.82, 2.24) is 0 Å². The first kappa shape index (κ1) is 15.6. The zero-order valence-corrected chi connectivity index (χ0v) is 13.4. The standard InChI is InChI=1S/C15H13ClN2O4S/c16-10-5-1-4-8-14(10)23(20,21)18-9-13(15(17)19)22-12-7-3-2-6-11(12)18/h1-8,13H,9H2,(H2,17,19)/t13-/m1/s1. The molecule has 0 saturated heterocycles. The zero-order valence-electron chi connectivity index (χ0n) is 11.8. The molecule has 1 atom stereocenters. The number of hydrogen-bond donors (Lipinski definition) is 1. The fourth-order valence-corrected chi connectivity index (χ4v) is 4.32. The van der Waals surface area contributed by atoms with Crippen molar-refractivity contribution in [2.75, 3.05) is 10.8 Å². The molecule has 3 rings (SSSR count). The fourth-order valence-electron chi connectivity index (χ4n) is 2.35. The number of carbonyl (C=O) groups is 1. The van der Waals surface area contributed by atoms with Gasteiger partial charge in [-0.2, -0.15) is 0 Å². The SMILES string of the molecule is NC(=O)[C@H]1CN(S(=O)(=O)c2ccccc2Cl)c2ccccc2O1. The summed E-state index contributed by atoms with van der Waals surface area (Å²) in [6.07, 6.45) is -1.07. The summed E-state index contributed by atoms with van der Waals surface area (Å²) in [6.45, 7) is -0.208. The van der Waals surface area contributed by atoms with E-state index in [1.165, 1.54) is 12.1 Å². The van der Waals surface area contributed by atoms with Crippen LogP contribution in [0.15, 0.2) is 53.4 Å². The molecule has 0 aromatic heterocycles. The van der Waals surface area contributed by atoms with Gasteiger partial charge in [-0.1, -0.05) is 35.9 Å². The Kier molecular flexibility index (Phi) is 3.91. The van der Waals surface area contributed by atoms with Crippen molar-refractivity contribution in [3.8, 4) is 5.75 Å². The second-order valence-electron chi connectivity index (χ2n) is 4.94. The van der Waals surface area contributed by atoms with Gasteiger partial charge >= 0.3 is 0 Å². The number of sulfonamides is 1. The van der Waals surface area contributed by atoms with Crippen LogP contribution in [-0.4, -0.2) is 27.0 Å². The lowest BCUT2D eigenvalue weighted by atomic mass is 10.2. The van der Waals surface area contributed by atoms with E-state index in [1.54, 1.807) is 36.4 Å². The van der Waals surface area contributed by atoms with Crippen molar-refractivity contribution in [2.45, 2.75) is 11.0 Å². The number of rotatable bonds is 3. The van der Waals surface area contributed by atoms with Crippen molar-refractivity contribution < 1.29 is 17.9 Å². The molecule has 23 heavy (non-hydrogen) atoms.